The number of carboxylic acids is 1. The molecule has 0 radical (unpaired) electrons. The quantitative estimate of drug-likeness (QED) is 0.190. The zero-order valence-electron chi connectivity index (χ0n) is 23.6. The SMILES string of the molecule is CCOC(=O)C1=C(C)NC2S/C(=C\c3ccc(-c4ccc(C(=O)O)cc4)o3)C(=O)N2C1c1c(OC)ccc2ccccc12. The van der Waals surface area contributed by atoms with Gasteiger partial charge < -0.3 is 24.3 Å². The monoisotopic (exact) mass is 596 g/mol. The zero-order chi connectivity index (χ0) is 30.2. The third kappa shape index (κ3) is 5.03. The number of allylic oxidation sites excluding steroid dienone is 1. The van der Waals surface area contributed by atoms with Gasteiger partial charge in [-0.25, -0.2) is 9.59 Å². The number of methoxy groups -OCH3 is 1. The summed E-state index contributed by atoms with van der Waals surface area (Å²) in [6.45, 7) is 3.75. The van der Waals surface area contributed by atoms with Crippen LogP contribution in [0.2, 0.25) is 0 Å². The van der Waals surface area contributed by atoms with Crippen LogP contribution in [-0.4, -0.2) is 47.1 Å². The van der Waals surface area contributed by atoms with Crippen molar-refractivity contribution in [1.29, 1.82) is 0 Å². The van der Waals surface area contributed by atoms with Crippen LogP contribution in [0.5, 0.6) is 5.75 Å². The summed E-state index contributed by atoms with van der Waals surface area (Å²) < 4.78 is 17.3. The van der Waals surface area contributed by atoms with Crippen LogP contribution in [0.25, 0.3) is 28.2 Å². The lowest BCUT2D eigenvalue weighted by Gasteiger charge is -2.40. The second-order valence-corrected chi connectivity index (χ2v) is 11.1. The summed E-state index contributed by atoms with van der Waals surface area (Å²) in [7, 11) is 1.57. The first-order valence-corrected chi connectivity index (χ1v) is 14.5. The molecule has 1 aromatic heterocycles. The number of hydrogen-bond donors (Lipinski definition) is 2. The Balaban J connectivity index is 1.42. The van der Waals surface area contributed by atoms with E-state index < -0.39 is 23.5 Å². The Morgan fingerprint density at radius 3 is 2.56 bits per heavy atom. The minimum absolute atomic E-state index is 0.179. The molecule has 218 valence electrons. The summed E-state index contributed by atoms with van der Waals surface area (Å²) in [6.07, 6.45) is 1.68. The molecular weight excluding hydrogens is 568 g/mol. The van der Waals surface area contributed by atoms with Crippen LogP contribution in [0.4, 0.5) is 0 Å². The van der Waals surface area contributed by atoms with Gasteiger partial charge >= 0.3 is 11.9 Å². The number of benzene rings is 3. The first-order valence-electron chi connectivity index (χ1n) is 13.6. The van der Waals surface area contributed by atoms with Crippen LogP contribution in [0, 0.1) is 0 Å². The summed E-state index contributed by atoms with van der Waals surface area (Å²) in [5.74, 6) is -0.239. The summed E-state index contributed by atoms with van der Waals surface area (Å²) in [5.41, 5.74) is 2.05. The molecule has 2 atom stereocenters. The highest BCUT2D eigenvalue weighted by molar-refractivity contribution is 8.05. The van der Waals surface area contributed by atoms with E-state index in [0.717, 1.165) is 10.8 Å². The molecule has 1 amide bonds. The fraction of sp³-hybridized carbons (Fsp3) is 0.182. The van der Waals surface area contributed by atoms with Crippen molar-refractivity contribution in [2.75, 3.05) is 13.7 Å². The highest BCUT2D eigenvalue weighted by Gasteiger charge is 2.49. The van der Waals surface area contributed by atoms with Crippen LogP contribution in [-0.2, 0) is 14.3 Å². The molecule has 2 unspecified atom stereocenters. The second-order valence-electron chi connectivity index (χ2n) is 9.98. The molecule has 1 saturated heterocycles. The van der Waals surface area contributed by atoms with Gasteiger partial charge in [0.2, 0.25) is 0 Å². The van der Waals surface area contributed by atoms with Gasteiger partial charge in [0.05, 0.1) is 35.8 Å². The second kappa shape index (κ2) is 11.4. The highest BCUT2D eigenvalue weighted by Crippen LogP contribution is 2.50. The maximum atomic E-state index is 14.2. The van der Waals surface area contributed by atoms with Gasteiger partial charge in [-0.05, 0) is 55.0 Å². The number of nitrogens with one attached hydrogen (secondary N) is 1. The topological polar surface area (TPSA) is 118 Å². The third-order valence-corrected chi connectivity index (χ3v) is 8.58. The van der Waals surface area contributed by atoms with E-state index in [2.05, 4.69) is 5.32 Å². The minimum atomic E-state index is -1.01. The van der Waals surface area contributed by atoms with Gasteiger partial charge in [-0.3, -0.25) is 9.69 Å². The van der Waals surface area contributed by atoms with Gasteiger partial charge in [-0.1, -0.05) is 54.2 Å². The number of furan rings is 1. The minimum Gasteiger partial charge on any atom is -0.496 e. The molecular formula is C33H28N2O7S. The van der Waals surface area contributed by atoms with Crippen LogP contribution >= 0.6 is 11.8 Å². The van der Waals surface area contributed by atoms with E-state index in [9.17, 15) is 19.5 Å². The van der Waals surface area contributed by atoms with Gasteiger partial charge in [0.25, 0.3) is 5.91 Å². The smallest absolute Gasteiger partial charge is 0.338 e. The van der Waals surface area contributed by atoms with Gasteiger partial charge in [0.15, 0.2) is 5.50 Å². The van der Waals surface area contributed by atoms with E-state index in [1.165, 1.54) is 23.9 Å². The van der Waals surface area contributed by atoms with Crippen molar-refractivity contribution in [2.24, 2.45) is 0 Å². The number of carboxylic acid groups (broad SMARTS) is 1. The average molecular weight is 597 g/mol. The van der Waals surface area contributed by atoms with Gasteiger partial charge in [-0.15, -0.1) is 0 Å². The van der Waals surface area contributed by atoms with Crippen molar-refractivity contribution in [1.82, 2.24) is 10.2 Å². The normalized spacial score (nSPS) is 19.0. The fourth-order valence-corrected chi connectivity index (χ4v) is 6.70. The molecule has 43 heavy (non-hydrogen) atoms. The van der Waals surface area contributed by atoms with E-state index in [1.54, 1.807) is 49.3 Å². The predicted octanol–water partition coefficient (Wildman–Crippen LogP) is 6.19. The maximum Gasteiger partial charge on any atom is 0.338 e. The van der Waals surface area contributed by atoms with Gasteiger partial charge in [0.1, 0.15) is 17.3 Å². The van der Waals surface area contributed by atoms with Crippen molar-refractivity contribution < 1.29 is 33.4 Å². The van der Waals surface area contributed by atoms with E-state index in [1.807, 2.05) is 43.3 Å². The van der Waals surface area contributed by atoms with Crippen molar-refractivity contribution in [3.8, 4) is 17.1 Å². The molecule has 0 saturated carbocycles. The molecule has 4 aromatic rings. The molecule has 0 bridgehead atoms. The zero-order valence-corrected chi connectivity index (χ0v) is 24.4. The molecule has 3 heterocycles. The Bertz CT molecular complexity index is 1820. The molecule has 2 aliphatic heterocycles. The first kappa shape index (κ1) is 28.2. The van der Waals surface area contributed by atoms with Crippen molar-refractivity contribution >= 4 is 46.5 Å². The predicted molar refractivity (Wildman–Crippen MR) is 163 cm³/mol. The molecule has 3 aromatic carbocycles. The number of nitrogens with zero attached hydrogens (tertiary/aromatic N) is 1. The van der Waals surface area contributed by atoms with Gasteiger partial charge in [-0.2, -0.15) is 0 Å². The fourth-order valence-electron chi connectivity index (χ4n) is 5.50. The standard InChI is InChI=1S/C33H28N2O7S/c1-4-41-32(39)27-18(2)34-33-35(29(27)28-23-8-6-5-7-19(23)13-15-25(28)40-3)30(36)26(43-33)17-22-14-16-24(42-22)20-9-11-21(12-10-20)31(37)38/h5-17,29,33-34H,4H2,1-3H3,(H,37,38)/b26-17-. The lowest BCUT2D eigenvalue weighted by molar-refractivity contribution is -0.140. The summed E-state index contributed by atoms with van der Waals surface area (Å²) in [5, 5.41) is 14.3. The van der Waals surface area contributed by atoms with Gasteiger partial charge in [0, 0.05) is 22.9 Å². The highest BCUT2D eigenvalue weighted by atomic mass is 32.2. The van der Waals surface area contributed by atoms with Crippen molar-refractivity contribution in [3.05, 3.63) is 106 Å². The number of ether oxygens (including phenoxy) is 2. The summed E-state index contributed by atoms with van der Waals surface area (Å²) in [6, 6.07) is 20.7. The van der Waals surface area contributed by atoms with Crippen LogP contribution in [0.3, 0.4) is 0 Å². The molecule has 2 N–H and O–H groups in total. The molecule has 2 aliphatic rings. The molecule has 10 heteroatoms. The Kier molecular flexibility index (Phi) is 7.45. The largest absolute Gasteiger partial charge is 0.496 e. The van der Waals surface area contributed by atoms with E-state index >= 15 is 0 Å². The lowest BCUT2D eigenvalue weighted by Crippen LogP contribution is -2.50. The summed E-state index contributed by atoms with van der Waals surface area (Å²) >= 11 is 1.33. The molecule has 0 spiro atoms. The first-order chi connectivity index (χ1) is 20.8. The molecule has 1 fully saturated rings. The average Bonchev–Trinajstić information content (AvgIpc) is 3.60. The van der Waals surface area contributed by atoms with Crippen LogP contribution in [0.1, 0.15) is 41.6 Å². The van der Waals surface area contributed by atoms with Crippen LogP contribution < -0.4 is 10.1 Å². The number of aromatic carboxylic acids is 1. The number of thioether (sulfide) groups is 1. The Labute approximate surface area is 251 Å². The van der Waals surface area contributed by atoms with Crippen LogP contribution in [0.15, 0.2) is 93.4 Å². The number of hydrogen-bond acceptors (Lipinski definition) is 8. The van der Waals surface area contributed by atoms with E-state index in [-0.39, 0.29) is 18.1 Å². The number of carbonyl (C=O) groups excluding carboxylic acids is 2. The number of esters is 1. The van der Waals surface area contributed by atoms with Crippen molar-refractivity contribution in [3.63, 3.8) is 0 Å². The maximum absolute atomic E-state index is 14.2. The molecule has 6 rings (SSSR count). The summed E-state index contributed by atoms with van der Waals surface area (Å²) in [4.78, 5) is 40.9. The van der Waals surface area contributed by atoms with E-state index in [0.29, 0.717) is 44.6 Å². The van der Waals surface area contributed by atoms with E-state index in [4.69, 9.17) is 13.9 Å². The van der Waals surface area contributed by atoms with Crippen molar-refractivity contribution in [2.45, 2.75) is 25.4 Å². The number of carbonyl (C=O) groups is 3. The number of amides is 1. The third-order valence-electron chi connectivity index (χ3n) is 7.47. The Morgan fingerprint density at radius 2 is 1.84 bits per heavy atom. The lowest BCUT2D eigenvalue weighted by atomic mass is 9.89. The Morgan fingerprint density at radius 1 is 1.07 bits per heavy atom. The molecule has 0 aliphatic carbocycles. The number of rotatable bonds is 7. The number of fused-ring (bicyclic) bond motifs is 2. The Hall–Kier alpha value is -4.96. The molecule has 9 nitrogen and oxygen atoms in total.